The molecule has 2 heterocycles. The second-order valence-corrected chi connectivity index (χ2v) is 6.85. The van der Waals surface area contributed by atoms with Crippen molar-refractivity contribution in [2.24, 2.45) is 0 Å². The van der Waals surface area contributed by atoms with Gasteiger partial charge in [0.1, 0.15) is 15.4 Å². The van der Waals surface area contributed by atoms with E-state index in [1.165, 1.54) is 6.92 Å². The molecule has 3 rings (SSSR count). The Bertz CT molecular complexity index is 995. The fraction of sp³-hybridized carbons (Fsp3) is 0.222. The number of alkyl halides is 3. The molecule has 1 aromatic carbocycles. The Morgan fingerprint density at radius 3 is 2.69 bits per heavy atom. The number of hydrogen-bond acceptors (Lipinski definition) is 4. The molecule has 0 unspecified atom stereocenters. The molecule has 1 amide bonds. The highest BCUT2D eigenvalue weighted by Gasteiger charge is 2.34. The van der Waals surface area contributed by atoms with Gasteiger partial charge in [-0.3, -0.25) is 4.79 Å². The third-order valence-corrected chi connectivity index (χ3v) is 5.08. The number of anilines is 2. The summed E-state index contributed by atoms with van der Waals surface area (Å²) in [6, 6.07) is 8.29. The highest BCUT2D eigenvalue weighted by molar-refractivity contribution is 7.21. The molecule has 0 atom stereocenters. The summed E-state index contributed by atoms with van der Waals surface area (Å²) in [7, 11) is 0. The fourth-order valence-corrected chi connectivity index (χ4v) is 3.75. The number of hydrogen-bond donors (Lipinski definition) is 2. The minimum absolute atomic E-state index is 0.0993. The number of carbonyl (C=O) groups excluding carboxylic acids is 1. The lowest BCUT2D eigenvalue weighted by atomic mass is 10.1. The predicted octanol–water partition coefficient (Wildman–Crippen LogP) is 5.02. The topological polar surface area (TPSA) is 68.0 Å². The molecule has 0 aliphatic rings. The highest BCUT2D eigenvalue weighted by atomic mass is 32.1. The molecule has 0 saturated heterocycles. The Labute approximate surface area is 151 Å². The number of nitrogens with two attached hydrogens (primary N) is 1. The Morgan fingerprint density at radius 2 is 2.04 bits per heavy atom. The monoisotopic (exact) mass is 379 g/mol. The molecule has 0 radical (unpaired) electrons. The molecule has 26 heavy (non-hydrogen) atoms. The lowest BCUT2D eigenvalue weighted by Gasteiger charge is -2.07. The maximum absolute atomic E-state index is 13.0. The van der Waals surface area contributed by atoms with Crippen molar-refractivity contribution in [3.63, 3.8) is 0 Å². The van der Waals surface area contributed by atoms with Gasteiger partial charge in [-0.05, 0) is 42.7 Å². The van der Waals surface area contributed by atoms with E-state index in [0.29, 0.717) is 16.6 Å². The summed E-state index contributed by atoms with van der Waals surface area (Å²) in [6.45, 7) is 3.52. The Morgan fingerprint density at radius 1 is 1.31 bits per heavy atom. The Kier molecular flexibility index (Phi) is 4.62. The Balaban J connectivity index is 2.00. The third kappa shape index (κ3) is 3.37. The van der Waals surface area contributed by atoms with Crippen molar-refractivity contribution in [1.29, 1.82) is 0 Å². The summed E-state index contributed by atoms with van der Waals surface area (Å²) in [6.07, 6.45) is -3.74. The first-order valence-electron chi connectivity index (χ1n) is 7.87. The first-order valence-corrected chi connectivity index (χ1v) is 8.69. The maximum atomic E-state index is 13.0. The van der Waals surface area contributed by atoms with Crippen molar-refractivity contribution in [3.05, 3.63) is 52.0 Å². The molecule has 4 nitrogen and oxygen atoms in total. The fourth-order valence-electron chi connectivity index (χ4n) is 2.68. The van der Waals surface area contributed by atoms with E-state index in [9.17, 15) is 18.0 Å². The van der Waals surface area contributed by atoms with E-state index in [2.05, 4.69) is 10.3 Å². The summed E-state index contributed by atoms with van der Waals surface area (Å²) < 4.78 is 38.9. The first-order chi connectivity index (χ1) is 12.2. The van der Waals surface area contributed by atoms with Gasteiger partial charge in [-0.1, -0.05) is 19.1 Å². The van der Waals surface area contributed by atoms with E-state index in [1.54, 1.807) is 6.07 Å². The second kappa shape index (κ2) is 6.60. The van der Waals surface area contributed by atoms with Crippen LogP contribution in [-0.4, -0.2) is 10.9 Å². The van der Waals surface area contributed by atoms with Crippen LogP contribution in [0.4, 0.5) is 24.5 Å². The van der Waals surface area contributed by atoms with Gasteiger partial charge in [0, 0.05) is 11.1 Å². The molecule has 136 valence electrons. The number of carbonyl (C=O) groups is 1. The van der Waals surface area contributed by atoms with Crippen LogP contribution in [0, 0.1) is 6.92 Å². The zero-order valence-corrected chi connectivity index (χ0v) is 14.9. The van der Waals surface area contributed by atoms with E-state index >= 15 is 0 Å². The molecular formula is C18H16F3N3OS. The maximum Gasteiger partial charge on any atom is 0.433 e. The molecule has 0 fully saturated rings. The number of halogens is 3. The molecule has 0 spiro atoms. The molecule has 8 heteroatoms. The third-order valence-electron chi connectivity index (χ3n) is 3.99. The van der Waals surface area contributed by atoms with Gasteiger partial charge < -0.3 is 11.1 Å². The molecule has 2 aromatic heterocycles. The van der Waals surface area contributed by atoms with Crippen LogP contribution in [0.3, 0.4) is 0 Å². The van der Waals surface area contributed by atoms with Gasteiger partial charge >= 0.3 is 6.18 Å². The van der Waals surface area contributed by atoms with Gasteiger partial charge in [-0.25, -0.2) is 4.98 Å². The van der Waals surface area contributed by atoms with E-state index in [-0.39, 0.29) is 15.4 Å². The number of nitrogens with zero attached hydrogens (tertiary/aromatic N) is 1. The number of aromatic nitrogens is 1. The smallest absolute Gasteiger partial charge is 0.397 e. The van der Waals surface area contributed by atoms with Crippen molar-refractivity contribution in [2.75, 3.05) is 11.1 Å². The number of benzene rings is 1. The molecule has 0 saturated carbocycles. The van der Waals surface area contributed by atoms with E-state index < -0.39 is 17.8 Å². The van der Waals surface area contributed by atoms with Gasteiger partial charge in [-0.2, -0.15) is 13.2 Å². The molecular weight excluding hydrogens is 363 g/mol. The number of thiophene rings is 1. The average molecular weight is 379 g/mol. The number of aryl methyl sites for hydroxylation is 2. The van der Waals surface area contributed by atoms with Crippen LogP contribution < -0.4 is 11.1 Å². The summed E-state index contributed by atoms with van der Waals surface area (Å²) in [5, 5.41) is 3.13. The van der Waals surface area contributed by atoms with Crippen LogP contribution in [0.15, 0.2) is 30.3 Å². The minimum Gasteiger partial charge on any atom is -0.397 e. The summed E-state index contributed by atoms with van der Waals surface area (Å²) in [5.41, 5.74) is 7.18. The van der Waals surface area contributed by atoms with Crippen molar-refractivity contribution < 1.29 is 18.0 Å². The van der Waals surface area contributed by atoms with E-state index in [0.717, 1.165) is 29.4 Å². The zero-order chi connectivity index (χ0) is 19.1. The summed E-state index contributed by atoms with van der Waals surface area (Å²) >= 11 is 0.857. The number of nitrogens with one attached hydrogen (secondary N) is 1. The van der Waals surface area contributed by atoms with Crippen LogP contribution in [0.25, 0.3) is 10.2 Å². The Hall–Kier alpha value is -2.61. The van der Waals surface area contributed by atoms with Crippen LogP contribution in [0.2, 0.25) is 0 Å². The second-order valence-electron chi connectivity index (χ2n) is 5.86. The van der Waals surface area contributed by atoms with Crippen molar-refractivity contribution in [3.8, 4) is 0 Å². The molecule has 0 aliphatic carbocycles. The molecule has 0 aliphatic heterocycles. The first kappa shape index (κ1) is 18.2. The van der Waals surface area contributed by atoms with Gasteiger partial charge in [0.15, 0.2) is 0 Å². The molecule has 3 N–H and O–H groups in total. The number of fused-ring (bicyclic) bond motifs is 1. The number of rotatable bonds is 3. The van der Waals surface area contributed by atoms with Crippen LogP contribution in [-0.2, 0) is 12.6 Å². The van der Waals surface area contributed by atoms with E-state index in [4.69, 9.17) is 5.73 Å². The van der Waals surface area contributed by atoms with Crippen LogP contribution in [0.5, 0.6) is 0 Å². The quantitative estimate of drug-likeness (QED) is 0.671. The summed E-state index contributed by atoms with van der Waals surface area (Å²) in [4.78, 5) is 16.5. The van der Waals surface area contributed by atoms with Crippen molar-refractivity contribution in [1.82, 2.24) is 4.98 Å². The van der Waals surface area contributed by atoms with Gasteiger partial charge in [0.2, 0.25) is 0 Å². The summed E-state index contributed by atoms with van der Waals surface area (Å²) in [5.74, 6) is -0.466. The number of pyridine rings is 1. The molecule has 0 bridgehead atoms. The van der Waals surface area contributed by atoms with Crippen molar-refractivity contribution in [2.45, 2.75) is 26.4 Å². The van der Waals surface area contributed by atoms with Crippen LogP contribution >= 0.6 is 11.3 Å². The number of nitrogen functional groups attached to an aromatic ring is 1. The van der Waals surface area contributed by atoms with E-state index in [1.807, 2.05) is 25.1 Å². The number of amides is 1. The van der Waals surface area contributed by atoms with Crippen molar-refractivity contribution >= 4 is 38.8 Å². The lowest BCUT2D eigenvalue weighted by Crippen LogP contribution is -2.12. The average Bonchev–Trinajstić information content (AvgIpc) is 2.91. The van der Waals surface area contributed by atoms with Gasteiger partial charge in [0.25, 0.3) is 5.91 Å². The largest absolute Gasteiger partial charge is 0.433 e. The molecule has 3 aromatic rings. The standard InChI is InChI=1S/C18H16F3N3OS/c1-3-10-5-4-6-11(8-10)23-16(25)15-14(22)13-9(2)7-12(18(19,20)21)24-17(13)26-15/h4-8H,3,22H2,1-2H3,(H,23,25). The zero-order valence-electron chi connectivity index (χ0n) is 14.1. The normalized spacial score (nSPS) is 11.7. The minimum atomic E-state index is -4.55. The highest BCUT2D eigenvalue weighted by Crippen LogP contribution is 2.38. The SMILES string of the molecule is CCc1cccc(NC(=O)c2sc3nc(C(F)(F)F)cc(C)c3c2N)c1. The van der Waals surface area contributed by atoms with Gasteiger partial charge in [-0.15, -0.1) is 11.3 Å². The predicted molar refractivity (Wildman–Crippen MR) is 97.5 cm³/mol. The lowest BCUT2D eigenvalue weighted by molar-refractivity contribution is -0.141. The van der Waals surface area contributed by atoms with Crippen LogP contribution in [0.1, 0.15) is 33.4 Å². The van der Waals surface area contributed by atoms with Gasteiger partial charge in [0.05, 0.1) is 5.69 Å².